The topological polar surface area (TPSA) is 74.2 Å². The van der Waals surface area contributed by atoms with E-state index in [2.05, 4.69) is 24.5 Å². The Balaban J connectivity index is 1.68. The van der Waals surface area contributed by atoms with Crippen LogP contribution in [0.4, 0.5) is 11.4 Å². The van der Waals surface area contributed by atoms with Gasteiger partial charge in [-0.2, -0.15) is 5.26 Å². The van der Waals surface area contributed by atoms with E-state index in [1.165, 1.54) is 6.20 Å². The number of hydrogen-bond donors (Lipinski definition) is 2. The third kappa shape index (κ3) is 5.74. The second-order valence-electron chi connectivity index (χ2n) is 6.87. The van der Waals surface area contributed by atoms with Gasteiger partial charge in [0.15, 0.2) is 0 Å². The van der Waals surface area contributed by atoms with Crippen molar-refractivity contribution >= 4 is 17.3 Å². The number of ether oxygens (including phenoxy) is 1. The Hall–Kier alpha value is -4.04. The van der Waals surface area contributed by atoms with Crippen LogP contribution in [0.1, 0.15) is 25.0 Å². The lowest BCUT2D eigenvalue weighted by atomic mass is 10.0. The molecule has 1 amide bonds. The highest BCUT2D eigenvalue weighted by Gasteiger charge is 2.11. The van der Waals surface area contributed by atoms with Gasteiger partial charge in [0.2, 0.25) is 0 Å². The first-order chi connectivity index (χ1) is 15.1. The van der Waals surface area contributed by atoms with E-state index in [-0.39, 0.29) is 5.57 Å². The molecule has 3 rings (SSSR count). The summed E-state index contributed by atoms with van der Waals surface area (Å²) < 4.78 is 5.75. The number of aryl methyl sites for hydroxylation is 2. The van der Waals surface area contributed by atoms with Gasteiger partial charge in [0.25, 0.3) is 5.91 Å². The van der Waals surface area contributed by atoms with E-state index >= 15 is 0 Å². The van der Waals surface area contributed by atoms with Crippen LogP contribution in [-0.2, 0) is 17.6 Å². The summed E-state index contributed by atoms with van der Waals surface area (Å²) in [7, 11) is 0. The van der Waals surface area contributed by atoms with Gasteiger partial charge in [-0.3, -0.25) is 4.79 Å². The van der Waals surface area contributed by atoms with Crippen molar-refractivity contribution in [3.63, 3.8) is 0 Å². The van der Waals surface area contributed by atoms with E-state index in [0.717, 1.165) is 35.4 Å². The molecule has 5 nitrogen and oxygen atoms in total. The summed E-state index contributed by atoms with van der Waals surface area (Å²) in [5.74, 6) is 0.919. The minimum Gasteiger partial charge on any atom is -0.457 e. The monoisotopic (exact) mass is 411 g/mol. The zero-order valence-electron chi connectivity index (χ0n) is 17.7. The molecule has 0 bridgehead atoms. The SMILES string of the molecule is CCc1cccc(CC)c1N/C=C(/C#N)C(=O)Nc1ccc(Oc2ccccc2)cc1. The zero-order valence-corrected chi connectivity index (χ0v) is 17.7. The van der Waals surface area contributed by atoms with Gasteiger partial charge >= 0.3 is 0 Å². The summed E-state index contributed by atoms with van der Waals surface area (Å²) in [6, 6.07) is 24.5. The second-order valence-corrected chi connectivity index (χ2v) is 6.87. The standard InChI is InChI=1S/C26H25N3O2/c1-3-19-9-8-10-20(4-2)25(19)28-18-21(17-27)26(30)29-22-13-15-24(16-14-22)31-23-11-6-5-7-12-23/h5-16,18,28H,3-4H2,1-2H3,(H,29,30)/b21-18-. The van der Waals surface area contributed by atoms with Gasteiger partial charge in [-0.05, 0) is 60.4 Å². The van der Waals surface area contributed by atoms with Crippen molar-refractivity contribution in [2.45, 2.75) is 26.7 Å². The maximum absolute atomic E-state index is 12.6. The molecule has 0 saturated heterocycles. The highest BCUT2D eigenvalue weighted by molar-refractivity contribution is 6.06. The van der Waals surface area contributed by atoms with Gasteiger partial charge in [0.05, 0.1) is 0 Å². The molecule has 0 spiro atoms. The molecule has 0 unspecified atom stereocenters. The van der Waals surface area contributed by atoms with Gasteiger partial charge < -0.3 is 15.4 Å². The fraction of sp³-hybridized carbons (Fsp3) is 0.154. The molecule has 156 valence electrons. The van der Waals surface area contributed by atoms with E-state index in [4.69, 9.17) is 4.74 Å². The van der Waals surface area contributed by atoms with Crippen LogP contribution in [0, 0.1) is 11.3 Å². The van der Waals surface area contributed by atoms with Crippen molar-refractivity contribution < 1.29 is 9.53 Å². The third-order valence-corrected chi connectivity index (χ3v) is 4.82. The number of para-hydroxylation sites is 2. The van der Waals surface area contributed by atoms with Gasteiger partial charge in [0, 0.05) is 17.6 Å². The predicted octanol–water partition coefficient (Wildman–Crippen LogP) is 6.06. The summed E-state index contributed by atoms with van der Waals surface area (Å²) in [5.41, 5.74) is 3.81. The van der Waals surface area contributed by atoms with Crippen LogP contribution in [0.25, 0.3) is 0 Å². The maximum atomic E-state index is 12.6. The average Bonchev–Trinajstić information content (AvgIpc) is 2.81. The molecule has 0 saturated carbocycles. The van der Waals surface area contributed by atoms with Crippen LogP contribution in [-0.4, -0.2) is 5.91 Å². The quantitative estimate of drug-likeness (QED) is 0.349. The Morgan fingerprint density at radius 1 is 0.903 bits per heavy atom. The second kappa shape index (κ2) is 10.7. The number of benzene rings is 3. The molecule has 0 aromatic heterocycles. The third-order valence-electron chi connectivity index (χ3n) is 4.82. The summed E-state index contributed by atoms with van der Waals surface area (Å²) in [6.07, 6.45) is 3.18. The van der Waals surface area contributed by atoms with E-state index in [1.807, 2.05) is 54.6 Å². The van der Waals surface area contributed by atoms with Gasteiger partial charge in [0.1, 0.15) is 23.1 Å². The Bertz CT molecular complexity index is 1080. The van der Waals surface area contributed by atoms with Crippen molar-refractivity contribution in [2.75, 3.05) is 10.6 Å². The Kier molecular flexibility index (Phi) is 7.45. The summed E-state index contributed by atoms with van der Waals surface area (Å²) in [6.45, 7) is 4.15. The number of carbonyl (C=O) groups is 1. The first kappa shape index (κ1) is 21.7. The number of nitriles is 1. The van der Waals surface area contributed by atoms with Crippen LogP contribution < -0.4 is 15.4 Å². The molecular weight excluding hydrogens is 386 g/mol. The maximum Gasteiger partial charge on any atom is 0.267 e. The smallest absolute Gasteiger partial charge is 0.267 e. The molecule has 3 aromatic rings. The Morgan fingerprint density at radius 3 is 2.10 bits per heavy atom. The fourth-order valence-corrected chi connectivity index (χ4v) is 3.15. The first-order valence-electron chi connectivity index (χ1n) is 10.3. The van der Waals surface area contributed by atoms with Crippen LogP contribution >= 0.6 is 0 Å². The van der Waals surface area contributed by atoms with Crippen molar-refractivity contribution in [2.24, 2.45) is 0 Å². The normalized spacial score (nSPS) is 10.8. The molecule has 0 atom stereocenters. The number of rotatable bonds is 8. The molecule has 0 heterocycles. The Labute approximate surface area is 183 Å². The number of anilines is 2. The van der Waals surface area contributed by atoms with Gasteiger partial charge in [-0.15, -0.1) is 0 Å². The average molecular weight is 412 g/mol. The highest BCUT2D eigenvalue weighted by Crippen LogP contribution is 2.24. The number of amides is 1. The molecular formula is C26H25N3O2. The molecule has 0 radical (unpaired) electrons. The van der Waals surface area contributed by atoms with Crippen molar-refractivity contribution in [3.8, 4) is 17.6 Å². The van der Waals surface area contributed by atoms with E-state index < -0.39 is 5.91 Å². The van der Waals surface area contributed by atoms with Gasteiger partial charge in [-0.1, -0.05) is 50.2 Å². The zero-order chi connectivity index (χ0) is 22.1. The molecule has 0 aliphatic carbocycles. The van der Waals surface area contributed by atoms with E-state index in [9.17, 15) is 10.1 Å². The highest BCUT2D eigenvalue weighted by atomic mass is 16.5. The molecule has 0 fully saturated rings. The lowest BCUT2D eigenvalue weighted by Crippen LogP contribution is -2.14. The molecule has 5 heteroatoms. The van der Waals surface area contributed by atoms with E-state index in [0.29, 0.717) is 11.4 Å². The van der Waals surface area contributed by atoms with Crippen LogP contribution in [0.5, 0.6) is 11.5 Å². The summed E-state index contributed by atoms with van der Waals surface area (Å²) in [5, 5.41) is 15.4. The number of hydrogen-bond acceptors (Lipinski definition) is 4. The van der Waals surface area contributed by atoms with Crippen LogP contribution in [0.15, 0.2) is 84.6 Å². The van der Waals surface area contributed by atoms with E-state index in [1.54, 1.807) is 24.3 Å². The van der Waals surface area contributed by atoms with Crippen molar-refractivity contribution in [1.82, 2.24) is 0 Å². The minimum atomic E-state index is -0.473. The molecule has 0 aliphatic heterocycles. The largest absolute Gasteiger partial charge is 0.457 e. The predicted molar refractivity (Wildman–Crippen MR) is 124 cm³/mol. The molecule has 3 aromatic carbocycles. The molecule has 31 heavy (non-hydrogen) atoms. The first-order valence-corrected chi connectivity index (χ1v) is 10.3. The summed E-state index contributed by atoms with van der Waals surface area (Å²) >= 11 is 0. The fourth-order valence-electron chi connectivity index (χ4n) is 3.15. The lowest BCUT2D eigenvalue weighted by Gasteiger charge is -2.13. The number of nitrogens with one attached hydrogen (secondary N) is 2. The van der Waals surface area contributed by atoms with Gasteiger partial charge in [-0.25, -0.2) is 0 Å². The summed E-state index contributed by atoms with van der Waals surface area (Å²) in [4.78, 5) is 12.6. The number of nitrogens with zero attached hydrogens (tertiary/aromatic N) is 1. The minimum absolute atomic E-state index is 0.00225. The molecule has 2 N–H and O–H groups in total. The van der Waals surface area contributed by atoms with Crippen molar-refractivity contribution in [1.29, 1.82) is 5.26 Å². The van der Waals surface area contributed by atoms with Crippen LogP contribution in [0.2, 0.25) is 0 Å². The molecule has 0 aliphatic rings. The lowest BCUT2D eigenvalue weighted by molar-refractivity contribution is -0.112. The number of carbonyl (C=O) groups excluding carboxylic acids is 1. The Morgan fingerprint density at radius 2 is 1.52 bits per heavy atom. The van der Waals surface area contributed by atoms with Crippen molar-refractivity contribution in [3.05, 3.63) is 95.7 Å². The van der Waals surface area contributed by atoms with Crippen LogP contribution in [0.3, 0.4) is 0 Å².